The first-order valence-electron chi connectivity index (χ1n) is 43.5. The van der Waals surface area contributed by atoms with Crippen LogP contribution in [-0.2, 0) is 103 Å². The van der Waals surface area contributed by atoms with E-state index in [0.717, 1.165) is 55.8 Å². The maximum atomic E-state index is 15.0. The molecule has 9 heterocycles. The van der Waals surface area contributed by atoms with Gasteiger partial charge in [-0.05, 0) is 80.9 Å². The highest BCUT2D eigenvalue weighted by molar-refractivity contribution is 6.06. The van der Waals surface area contributed by atoms with Crippen LogP contribution in [-0.4, -0.2) is 296 Å². The number of likely N-dealkylation sites (tertiary alicyclic amines) is 1. The smallest absolute Gasteiger partial charge is 0.291 e. The summed E-state index contributed by atoms with van der Waals surface area (Å²) < 4.78 is 53.2. The van der Waals surface area contributed by atoms with E-state index in [1.165, 1.54) is 88.3 Å². The standard InChI is InChI=1S/C88H115FN26O17/c1-105(2)68-51-115(64-20-17-57-12-10-13-63(89)77(57)64)50-62(68)56-15-18-61(19-16-56)113-31-33-114(34-32-113)76(120)55-132-43-42-131-41-40-130-39-38-129-37-36-128-35-29-90-72(116)21-25-94-86(125)80-103-71(54-111(80)8)104-84(123)67-44-58(47-109(67)6)96-74(118)22-27-95-85(124)79-101-69(52-110(79)7)99-73(117)14-11-24-92-82(121)65-46-60(49-107(65)4)98-88(127)81-102-70(53-112(81)9)100-75(119)23-26-93-83(122)66-45-59(48-108(66)5)97-87(126)78-91-28-30-106(78)3/h10,12-13,15-16,18-19,28,30,44-49,52-54,62,64,68H,11,14,17,20-27,29,31-43,50-51,55H2,1-9H3,(H,90,116)(H,92,121)(H,93,122)(H,94,125)(H,95,124)(H,96,118)(H,97,126)(H,98,127)(H,99,117)(H,100,119)(H,104,123)/t62-,64?,68+/m1/s1. The van der Waals surface area contributed by atoms with Crippen LogP contribution in [0.25, 0.3) is 0 Å². The Bertz CT molecular complexity index is 5580. The Morgan fingerprint density at radius 3 is 1.45 bits per heavy atom. The molecular weight excluding hydrogens is 1710 g/mol. The van der Waals surface area contributed by atoms with Gasteiger partial charge in [-0.1, -0.05) is 24.3 Å². The molecule has 0 radical (unpaired) electrons. The molecule has 9 aromatic rings. The summed E-state index contributed by atoms with van der Waals surface area (Å²) in [5.74, 6) is -5.17. The lowest BCUT2D eigenvalue weighted by Gasteiger charge is -2.36. The Balaban J connectivity index is 0.439. The van der Waals surface area contributed by atoms with Crippen molar-refractivity contribution in [2.75, 3.05) is 189 Å². The number of imidazole rings is 4. The molecule has 43 nitrogen and oxygen atoms in total. The van der Waals surface area contributed by atoms with Crippen LogP contribution < -0.4 is 63.4 Å². The molecular formula is C88H115FN26O17. The molecule has 2 fully saturated rings. The molecule has 2 aromatic carbocycles. The molecule has 132 heavy (non-hydrogen) atoms. The van der Waals surface area contributed by atoms with Crippen LogP contribution >= 0.6 is 0 Å². The number of benzene rings is 2. The van der Waals surface area contributed by atoms with E-state index in [0.29, 0.717) is 77.0 Å². The van der Waals surface area contributed by atoms with E-state index < -0.39 is 59.1 Å². The number of fused-ring (bicyclic) bond motifs is 1. The average molecular weight is 1830 g/mol. The zero-order valence-electron chi connectivity index (χ0n) is 75.4. The normalized spacial score (nSPS) is 14.8. The molecule has 2 saturated heterocycles. The molecule has 3 atom stereocenters. The summed E-state index contributed by atoms with van der Waals surface area (Å²) >= 11 is 0. The van der Waals surface area contributed by atoms with Crippen LogP contribution in [0.1, 0.15) is 141 Å². The van der Waals surface area contributed by atoms with E-state index in [9.17, 15) is 57.5 Å². The lowest BCUT2D eigenvalue weighted by molar-refractivity contribution is -0.137. The zero-order chi connectivity index (χ0) is 94.1. The van der Waals surface area contributed by atoms with Crippen molar-refractivity contribution < 1.29 is 85.6 Å². The minimum Gasteiger partial charge on any atom is -0.377 e. The fourth-order valence-corrected chi connectivity index (χ4v) is 15.7. The number of anilines is 7. The van der Waals surface area contributed by atoms with Gasteiger partial charge in [-0.3, -0.25) is 62.4 Å². The maximum absolute atomic E-state index is 15.0. The molecule has 1 aliphatic carbocycles. The molecule has 706 valence electrons. The van der Waals surface area contributed by atoms with Crippen molar-refractivity contribution in [2.45, 2.75) is 62.9 Å². The number of ether oxygens (including phenoxy) is 5. The summed E-state index contributed by atoms with van der Waals surface area (Å²) in [5, 5.41) is 29.4. The second-order valence-corrected chi connectivity index (χ2v) is 32.4. The summed E-state index contributed by atoms with van der Waals surface area (Å²) in [4.78, 5) is 182. The molecule has 0 spiro atoms. The van der Waals surface area contributed by atoms with E-state index in [-0.39, 0.29) is 178 Å². The largest absolute Gasteiger partial charge is 0.377 e. The highest BCUT2D eigenvalue weighted by atomic mass is 19.1. The molecule has 1 unspecified atom stereocenters. The van der Waals surface area contributed by atoms with Crippen molar-refractivity contribution in [3.8, 4) is 0 Å². The van der Waals surface area contributed by atoms with Crippen LogP contribution in [0, 0.1) is 5.82 Å². The van der Waals surface area contributed by atoms with Crippen LogP contribution in [0.3, 0.4) is 0 Å². The molecule has 12 rings (SSSR count). The summed E-state index contributed by atoms with van der Waals surface area (Å²) in [6.45, 7) is 7.53. The predicted molar refractivity (Wildman–Crippen MR) is 483 cm³/mol. The predicted octanol–water partition coefficient (Wildman–Crippen LogP) is 2.88. The Labute approximate surface area is 760 Å². The number of aromatic nitrogens is 11. The number of likely N-dealkylation sites (N-methyl/N-ethyl adjacent to an activating group) is 1. The number of nitrogens with one attached hydrogen (secondary N) is 11. The molecule has 7 aromatic heterocycles. The fraction of sp³-hybridized carbons (Fsp3) is 0.455. The first kappa shape index (κ1) is 97.3. The molecule has 11 N–H and O–H groups in total. The third-order valence-corrected chi connectivity index (χ3v) is 22.5. The minimum atomic E-state index is -0.640. The topological polar surface area (TPSA) is 482 Å². The van der Waals surface area contributed by atoms with Crippen molar-refractivity contribution in [3.63, 3.8) is 0 Å². The quantitative estimate of drug-likeness (QED) is 0.0244. The molecule has 44 heteroatoms. The first-order chi connectivity index (χ1) is 63.5. The van der Waals surface area contributed by atoms with Crippen LogP contribution in [0.5, 0.6) is 0 Å². The minimum absolute atomic E-state index is 0.00255. The number of carbonyl (C=O) groups excluding carboxylic acids is 12. The lowest BCUT2D eigenvalue weighted by Crippen LogP contribution is -2.49. The highest BCUT2D eigenvalue weighted by Gasteiger charge is 2.42. The van der Waals surface area contributed by atoms with Crippen molar-refractivity contribution in [1.82, 2.24) is 93.2 Å². The van der Waals surface area contributed by atoms with Gasteiger partial charge in [-0.15, -0.1) is 0 Å². The zero-order valence-corrected chi connectivity index (χ0v) is 75.4. The molecule has 12 amide bonds. The number of rotatable bonds is 47. The lowest BCUT2D eigenvalue weighted by atomic mass is 9.93. The van der Waals surface area contributed by atoms with Gasteiger partial charge in [0.2, 0.25) is 47.0 Å². The van der Waals surface area contributed by atoms with Crippen molar-refractivity contribution in [3.05, 3.63) is 173 Å². The number of hydrogen-bond acceptors (Lipinski definition) is 24. The average Bonchev–Trinajstić information content (AvgIpc) is 1.62. The highest BCUT2D eigenvalue weighted by Crippen LogP contribution is 2.43. The molecule has 0 saturated carbocycles. The molecule has 0 bridgehead atoms. The Morgan fingerprint density at radius 1 is 0.439 bits per heavy atom. The van der Waals surface area contributed by atoms with Crippen molar-refractivity contribution in [2.24, 2.45) is 49.3 Å². The Hall–Kier alpha value is -13.8. The fourth-order valence-electron chi connectivity index (χ4n) is 15.7. The number of carbonyl (C=O) groups is 12. The molecule has 3 aliphatic rings. The third kappa shape index (κ3) is 26.7. The number of halogens is 1. The monoisotopic (exact) mass is 1830 g/mol. The molecule has 2 aliphatic heterocycles. The number of amides is 12. The Kier molecular flexibility index (Phi) is 34.4. The number of piperazine rings is 1. The van der Waals surface area contributed by atoms with Gasteiger partial charge in [0.1, 0.15) is 29.5 Å². The Morgan fingerprint density at radius 2 is 0.909 bits per heavy atom. The van der Waals surface area contributed by atoms with Gasteiger partial charge in [-0.2, -0.15) is 0 Å². The van der Waals surface area contributed by atoms with Gasteiger partial charge in [-0.25, -0.2) is 24.3 Å². The van der Waals surface area contributed by atoms with E-state index in [4.69, 9.17) is 23.7 Å². The van der Waals surface area contributed by atoms with Gasteiger partial charge in [0.25, 0.3) is 41.4 Å². The van der Waals surface area contributed by atoms with E-state index in [1.54, 1.807) is 72.4 Å². The second kappa shape index (κ2) is 46.6. The number of aryl methyl sites for hydroxylation is 8. The van der Waals surface area contributed by atoms with Crippen molar-refractivity contribution in [1.29, 1.82) is 0 Å². The SMILES string of the molecule is CN(C)[C@H]1CN(C2CCc3cccc(F)c32)C[C@@H]1c1ccc(N2CCN(C(=O)COCCOCCOCCOCCOCCNC(=O)CCNC(=O)c3nc(NC(=O)c4cc(NC(=O)CCNC(=O)c5nc(NC(=O)CCCNC(=O)c6cc(NC(=O)c7nc(NC(=O)CCNC(=O)c8cc(NC(=O)c9nccn9C)cn8C)cn7C)cn6C)cn5C)cn4C)cn3C)CC2)cc1. The van der Waals surface area contributed by atoms with Crippen LogP contribution in [0.15, 0.2) is 110 Å². The van der Waals surface area contributed by atoms with Crippen molar-refractivity contribution >= 4 is 111 Å². The van der Waals surface area contributed by atoms with Gasteiger partial charge in [0.15, 0.2) is 23.3 Å². The first-order valence-corrected chi connectivity index (χ1v) is 43.5. The van der Waals surface area contributed by atoms with E-state index >= 15 is 4.39 Å². The van der Waals surface area contributed by atoms with Gasteiger partial charge in [0.05, 0.1) is 76.5 Å². The van der Waals surface area contributed by atoms with Gasteiger partial charge in [0, 0.05) is 226 Å². The third-order valence-electron chi connectivity index (χ3n) is 22.5. The van der Waals surface area contributed by atoms with Crippen LogP contribution in [0.2, 0.25) is 0 Å². The number of nitrogens with zero attached hydrogens (tertiary/aromatic N) is 15. The second-order valence-electron chi connectivity index (χ2n) is 32.4. The summed E-state index contributed by atoms with van der Waals surface area (Å²) in [6, 6.07) is 19.2. The number of hydrogen-bond donors (Lipinski definition) is 11. The summed E-state index contributed by atoms with van der Waals surface area (Å²) in [6.07, 6.45) is 13.8. The summed E-state index contributed by atoms with van der Waals surface area (Å²) in [7, 11) is 15.4. The van der Waals surface area contributed by atoms with E-state index in [1.807, 2.05) is 11.0 Å². The van der Waals surface area contributed by atoms with Crippen LogP contribution in [0.4, 0.5) is 44.6 Å². The van der Waals surface area contributed by atoms with Gasteiger partial charge >= 0.3 is 0 Å². The maximum Gasteiger partial charge on any atom is 0.291 e. The van der Waals surface area contributed by atoms with Gasteiger partial charge < -0.3 is 129 Å². The summed E-state index contributed by atoms with van der Waals surface area (Å²) in [5.41, 5.74) is 5.93. The van der Waals surface area contributed by atoms with E-state index in [2.05, 4.69) is 138 Å².